The SMILES string of the molecule is COC[C@H]1CCCN(c2ncnc3c(F)ccc(-c4ccc(F)c(Cl)c4)c23)C1. The van der Waals surface area contributed by atoms with Gasteiger partial charge in [-0.25, -0.2) is 18.7 Å². The van der Waals surface area contributed by atoms with Gasteiger partial charge in [0.15, 0.2) is 0 Å². The Bertz CT molecular complexity index is 1010. The second-order valence-electron chi connectivity index (χ2n) is 7.05. The van der Waals surface area contributed by atoms with Crippen molar-refractivity contribution < 1.29 is 13.5 Å². The predicted molar refractivity (Wildman–Crippen MR) is 107 cm³/mol. The topological polar surface area (TPSA) is 38.2 Å². The number of nitrogens with zero attached hydrogens (tertiary/aromatic N) is 3. The number of hydrogen-bond donors (Lipinski definition) is 0. The summed E-state index contributed by atoms with van der Waals surface area (Å²) >= 11 is 5.98. The van der Waals surface area contributed by atoms with Gasteiger partial charge in [-0.2, -0.15) is 0 Å². The summed E-state index contributed by atoms with van der Waals surface area (Å²) < 4.78 is 33.5. The molecular weight excluding hydrogens is 384 g/mol. The molecular formula is C21H20ClF2N3O. The lowest BCUT2D eigenvalue weighted by Crippen LogP contribution is -2.37. The highest BCUT2D eigenvalue weighted by molar-refractivity contribution is 6.31. The first-order valence-electron chi connectivity index (χ1n) is 9.21. The Labute approximate surface area is 167 Å². The maximum Gasteiger partial charge on any atom is 0.149 e. The molecule has 1 aliphatic rings. The zero-order valence-corrected chi connectivity index (χ0v) is 16.2. The fourth-order valence-electron chi connectivity index (χ4n) is 3.90. The standard InChI is InChI=1S/C21H20ClF2N3O/c1-28-11-13-3-2-8-27(10-13)21-19-15(14-4-6-17(23)16(22)9-14)5-7-18(24)20(19)25-12-26-21/h4-7,9,12-13H,2-3,8,10-11H2,1H3/t13-/m0/s1. The van der Waals surface area contributed by atoms with Crippen LogP contribution in [0.25, 0.3) is 22.0 Å². The second kappa shape index (κ2) is 7.97. The van der Waals surface area contributed by atoms with Crippen LogP contribution in [0.2, 0.25) is 5.02 Å². The van der Waals surface area contributed by atoms with E-state index in [2.05, 4.69) is 14.9 Å². The molecule has 0 unspecified atom stereocenters. The number of ether oxygens (including phenoxy) is 1. The van der Waals surface area contributed by atoms with Gasteiger partial charge in [0, 0.05) is 20.2 Å². The summed E-state index contributed by atoms with van der Waals surface area (Å²) in [7, 11) is 1.70. The maximum atomic E-state index is 14.6. The Balaban J connectivity index is 1.87. The van der Waals surface area contributed by atoms with Crippen LogP contribution in [0.3, 0.4) is 0 Å². The number of piperidine rings is 1. The minimum absolute atomic E-state index is 0.0199. The van der Waals surface area contributed by atoms with Gasteiger partial charge in [-0.15, -0.1) is 0 Å². The number of aromatic nitrogens is 2. The van der Waals surface area contributed by atoms with Gasteiger partial charge in [0.2, 0.25) is 0 Å². The summed E-state index contributed by atoms with van der Waals surface area (Å²) in [4.78, 5) is 10.8. The summed E-state index contributed by atoms with van der Waals surface area (Å²) in [6, 6.07) is 7.53. The molecule has 0 radical (unpaired) electrons. The van der Waals surface area contributed by atoms with Gasteiger partial charge in [0.1, 0.15) is 29.3 Å². The smallest absolute Gasteiger partial charge is 0.149 e. The monoisotopic (exact) mass is 403 g/mol. The summed E-state index contributed by atoms with van der Waals surface area (Å²) in [6.07, 6.45) is 3.48. The maximum absolute atomic E-state index is 14.6. The Kier molecular flexibility index (Phi) is 5.42. The first-order valence-corrected chi connectivity index (χ1v) is 9.58. The molecule has 0 bridgehead atoms. The second-order valence-corrected chi connectivity index (χ2v) is 7.46. The summed E-state index contributed by atoms with van der Waals surface area (Å²) in [5, 5.41) is 0.634. The predicted octanol–water partition coefficient (Wildman–Crippen LogP) is 5.09. The quantitative estimate of drug-likeness (QED) is 0.608. The van der Waals surface area contributed by atoms with E-state index in [4.69, 9.17) is 16.3 Å². The first kappa shape index (κ1) is 19.0. The molecule has 0 N–H and O–H groups in total. The molecule has 0 saturated carbocycles. The van der Waals surface area contributed by atoms with Crippen molar-refractivity contribution in [1.82, 2.24) is 9.97 Å². The van der Waals surface area contributed by atoms with Crippen LogP contribution in [-0.4, -0.2) is 36.8 Å². The molecule has 2 aromatic carbocycles. The van der Waals surface area contributed by atoms with Crippen LogP contribution in [0.1, 0.15) is 12.8 Å². The van der Waals surface area contributed by atoms with Gasteiger partial charge in [0.25, 0.3) is 0 Å². The minimum Gasteiger partial charge on any atom is -0.384 e. The normalized spacial score (nSPS) is 17.3. The van der Waals surface area contributed by atoms with E-state index in [1.807, 2.05) is 0 Å². The fourth-order valence-corrected chi connectivity index (χ4v) is 4.08. The molecule has 3 aromatic rings. The van der Waals surface area contributed by atoms with Crippen molar-refractivity contribution in [3.05, 3.63) is 53.3 Å². The molecule has 4 rings (SSSR count). The zero-order valence-electron chi connectivity index (χ0n) is 15.5. The van der Waals surface area contributed by atoms with Gasteiger partial charge >= 0.3 is 0 Å². The molecule has 1 aliphatic heterocycles. The molecule has 7 heteroatoms. The van der Waals surface area contributed by atoms with Crippen LogP contribution in [0, 0.1) is 17.6 Å². The zero-order chi connectivity index (χ0) is 19.7. The molecule has 1 aromatic heterocycles. The molecule has 0 aliphatic carbocycles. The number of anilines is 1. The Morgan fingerprint density at radius 1 is 1.18 bits per heavy atom. The molecule has 1 fully saturated rings. The molecule has 0 amide bonds. The van der Waals surface area contributed by atoms with Crippen molar-refractivity contribution >= 4 is 28.3 Å². The molecule has 146 valence electrons. The number of fused-ring (bicyclic) bond motifs is 1. The highest BCUT2D eigenvalue weighted by atomic mass is 35.5. The fraction of sp³-hybridized carbons (Fsp3) is 0.333. The third kappa shape index (κ3) is 3.54. The van der Waals surface area contributed by atoms with Gasteiger partial charge in [-0.05, 0) is 48.1 Å². The Morgan fingerprint density at radius 2 is 2.00 bits per heavy atom. The van der Waals surface area contributed by atoms with Crippen molar-refractivity contribution in [2.75, 3.05) is 31.7 Å². The summed E-state index contributed by atoms with van der Waals surface area (Å²) in [5.74, 6) is 0.162. The van der Waals surface area contributed by atoms with Crippen LogP contribution >= 0.6 is 11.6 Å². The van der Waals surface area contributed by atoms with E-state index in [0.717, 1.165) is 31.5 Å². The van der Waals surface area contributed by atoms with E-state index >= 15 is 0 Å². The molecule has 4 nitrogen and oxygen atoms in total. The Hall–Kier alpha value is -2.31. The first-order chi connectivity index (χ1) is 13.6. The van der Waals surface area contributed by atoms with Crippen molar-refractivity contribution in [2.45, 2.75) is 12.8 Å². The van der Waals surface area contributed by atoms with Gasteiger partial charge in [-0.3, -0.25) is 0 Å². The Morgan fingerprint density at radius 3 is 2.79 bits per heavy atom. The van der Waals surface area contributed by atoms with Crippen LogP contribution in [0.5, 0.6) is 0 Å². The van der Waals surface area contributed by atoms with Crippen LogP contribution in [0.4, 0.5) is 14.6 Å². The van der Waals surface area contributed by atoms with Crippen LogP contribution < -0.4 is 4.90 Å². The average Bonchev–Trinajstić information content (AvgIpc) is 2.71. The lowest BCUT2D eigenvalue weighted by molar-refractivity contribution is 0.143. The third-order valence-corrected chi connectivity index (χ3v) is 5.46. The van der Waals surface area contributed by atoms with E-state index in [0.29, 0.717) is 29.3 Å². The summed E-state index contributed by atoms with van der Waals surface area (Å²) in [5.41, 5.74) is 1.66. The highest BCUT2D eigenvalue weighted by Gasteiger charge is 2.24. The number of halogens is 3. The number of hydrogen-bond acceptors (Lipinski definition) is 4. The van der Waals surface area contributed by atoms with E-state index in [1.54, 1.807) is 25.3 Å². The van der Waals surface area contributed by atoms with Crippen molar-refractivity contribution in [3.63, 3.8) is 0 Å². The van der Waals surface area contributed by atoms with Gasteiger partial charge < -0.3 is 9.64 Å². The lowest BCUT2D eigenvalue weighted by Gasteiger charge is -2.34. The molecule has 1 saturated heterocycles. The van der Waals surface area contributed by atoms with E-state index in [1.165, 1.54) is 18.5 Å². The molecule has 1 atom stereocenters. The van der Waals surface area contributed by atoms with Gasteiger partial charge in [-0.1, -0.05) is 23.7 Å². The number of methoxy groups -OCH3 is 1. The van der Waals surface area contributed by atoms with Crippen molar-refractivity contribution in [2.24, 2.45) is 5.92 Å². The van der Waals surface area contributed by atoms with E-state index in [9.17, 15) is 8.78 Å². The molecule has 28 heavy (non-hydrogen) atoms. The average molecular weight is 404 g/mol. The van der Waals surface area contributed by atoms with Crippen LogP contribution in [0.15, 0.2) is 36.7 Å². The minimum atomic E-state index is -0.494. The highest BCUT2D eigenvalue weighted by Crippen LogP contribution is 2.37. The third-order valence-electron chi connectivity index (χ3n) is 5.17. The van der Waals surface area contributed by atoms with Crippen molar-refractivity contribution in [3.8, 4) is 11.1 Å². The summed E-state index contributed by atoms with van der Waals surface area (Å²) in [6.45, 7) is 2.28. The van der Waals surface area contributed by atoms with E-state index < -0.39 is 11.6 Å². The number of benzene rings is 2. The van der Waals surface area contributed by atoms with Gasteiger partial charge in [0.05, 0.1) is 17.0 Å². The molecule has 2 heterocycles. The lowest BCUT2D eigenvalue weighted by atomic mass is 9.96. The van der Waals surface area contributed by atoms with Crippen LogP contribution in [-0.2, 0) is 4.74 Å². The van der Waals surface area contributed by atoms with Crippen molar-refractivity contribution in [1.29, 1.82) is 0 Å². The molecule has 0 spiro atoms. The largest absolute Gasteiger partial charge is 0.384 e. The number of rotatable bonds is 4. The van der Waals surface area contributed by atoms with E-state index in [-0.39, 0.29) is 10.5 Å².